The first-order chi connectivity index (χ1) is 13.1. The summed E-state index contributed by atoms with van der Waals surface area (Å²) in [6.45, 7) is 2.86. The SMILES string of the molecule is CN=C(NCc1ccc(NC(=O)OC)cc1)N1CCSC2(CCCCC2)C1.I. The van der Waals surface area contributed by atoms with Crippen molar-refractivity contribution in [2.45, 2.75) is 43.4 Å². The Balaban J connectivity index is 0.00000280. The highest BCUT2D eigenvalue weighted by Crippen LogP contribution is 2.42. The molecule has 28 heavy (non-hydrogen) atoms. The molecular weight excluding hydrogens is 487 g/mol. The molecule has 3 rings (SSSR count). The lowest BCUT2D eigenvalue weighted by Gasteiger charge is -2.45. The summed E-state index contributed by atoms with van der Waals surface area (Å²) in [7, 11) is 3.22. The zero-order chi connectivity index (χ0) is 19.1. The molecule has 1 heterocycles. The van der Waals surface area contributed by atoms with Crippen molar-refractivity contribution in [1.82, 2.24) is 10.2 Å². The van der Waals surface area contributed by atoms with Crippen LogP contribution in [0.15, 0.2) is 29.3 Å². The van der Waals surface area contributed by atoms with Crippen LogP contribution in [0.25, 0.3) is 0 Å². The number of halogens is 1. The molecule has 1 saturated heterocycles. The van der Waals surface area contributed by atoms with Gasteiger partial charge in [-0.2, -0.15) is 11.8 Å². The Kier molecular flexibility index (Phi) is 9.20. The van der Waals surface area contributed by atoms with Gasteiger partial charge < -0.3 is 15.0 Å². The van der Waals surface area contributed by atoms with Crippen molar-refractivity contribution in [3.05, 3.63) is 29.8 Å². The first-order valence-corrected chi connectivity index (χ1v) is 10.7. The minimum atomic E-state index is -0.458. The zero-order valence-electron chi connectivity index (χ0n) is 16.7. The van der Waals surface area contributed by atoms with Crippen LogP contribution in [0.2, 0.25) is 0 Å². The number of carbonyl (C=O) groups excluding carboxylic acids is 1. The van der Waals surface area contributed by atoms with E-state index in [1.54, 1.807) is 0 Å². The van der Waals surface area contributed by atoms with Crippen molar-refractivity contribution in [1.29, 1.82) is 0 Å². The van der Waals surface area contributed by atoms with Gasteiger partial charge in [0.05, 0.1) is 7.11 Å². The highest BCUT2D eigenvalue weighted by atomic mass is 127. The summed E-state index contributed by atoms with van der Waals surface area (Å²) < 4.78 is 5.03. The summed E-state index contributed by atoms with van der Waals surface area (Å²) in [4.78, 5) is 18.2. The first kappa shape index (κ1) is 23.1. The molecule has 0 atom stereocenters. The van der Waals surface area contributed by atoms with Gasteiger partial charge in [-0.25, -0.2) is 4.79 Å². The molecule has 2 N–H and O–H groups in total. The number of nitrogens with zero attached hydrogens (tertiary/aromatic N) is 2. The number of guanidine groups is 1. The third-order valence-corrected chi connectivity index (χ3v) is 6.90. The third kappa shape index (κ3) is 6.17. The largest absolute Gasteiger partial charge is 0.453 e. The lowest BCUT2D eigenvalue weighted by molar-refractivity contribution is 0.187. The van der Waals surface area contributed by atoms with E-state index in [9.17, 15) is 4.79 Å². The van der Waals surface area contributed by atoms with Crippen LogP contribution in [-0.2, 0) is 11.3 Å². The molecule has 6 nitrogen and oxygen atoms in total. The van der Waals surface area contributed by atoms with Crippen LogP contribution in [0.1, 0.15) is 37.7 Å². The Morgan fingerprint density at radius 2 is 1.96 bits per heavy atom. The minimum absolute atomic E-state index is 0. The van der Waals surface area contributed by atoms with Gasteiger partial charge in [0.25, 0.3) is 0 Å². The van der Waals surface area contributed by atoms with Crippen LogP contribution < -0.4 is 10.6 Å². The highest BCUT2D eigenvalue weighted by Gasteiger charge is 2.38. The van der Waals surface area contributed by atoms with Gasteiger partial charge in [-0.3, -0.25) is 10.3 Å². The molecule has 156 valence electrons. The Labute approximate surface area is 189 Å². The van der Waals surface area contributed by atoms with Crippen molar-refractivity contribution in [3.8, 4) is 0 Å². The molecule has 0 radical (unpaired) electrons. The topological polar surface area (TPSA) is 66.0 Å². The molecule has 1 saturated carbocycles. The number of carbonyl (C=O) groups is 1. The van der Waals surface area contributed by atoms with Gasteiger partial charge in [-0.15, -0.1) is 24.0 Å². The van der Waals surface area contributed by atoms with Crippen molar-refractivity contribution in [3.63, 3.8) is 0 Å². The number of rotatable bonds is 3. The maximum Gasteiger partial charge on any atom is 0.411 e. The van der Waals surface area contributed by atoms with Crippen LogP contribution >= 0.6 is 35.7 Å². The van der Waals surface area contributed by atoms with Crippen molar-refractivity contribution in [2.75, 3.05) is 38.3 Å². The number of methoxy groups -OCH3 is 1. The van der Waals surface area contributed by atoms with Crippen LogP contribution in [0.4, 0.5) is 10.5 Å². The molecule has 1 aliphatic heterocycles. The van der Waals surface area contributed by atoms with Gasteiger partial charge in [0.15, 0.2) is 5.96 Å². The van der Waals surface area contributed by atoms with Gasteiger partial charge in [0.1, 0.15) is 0 Å². The van der Waals surface area contributed by atoms with Crippen molar-refractivity contribution < 1.29 is 9.53 Å². The summed E-state index contributed by atoms with van der Waals surface area (Å²) >= 11 is 2.17. The maximum atomic E-state index is 11.3. The fourth-order valence-corrected chi connectivity index (χ4v) is 5.48. The van der Waals surface area contributed by atoms with Crippen LogP contribution in [0.5, 0.6) is 0 Å². The molecule has 1 aromatic carbocycles. The smallest absolute Gasteiger partial charge is 0.411 e. The average molecular weight is 518 g/mol. The molecular formula is C20H31IN4O2S. The van der Waals surface area contributed by atoms with Crippen LogP contribution in [0.3, 0.4) is 0 Å². The molecule has 1 amide bonds. The van der Waals surface area contributed by atoms with Crippen molar-refractivity contribution in [2.24, 2.45) is 4.99 Å². The Hall–Kier alpha value is -1.16. The number of aliphatic imine (C=N–C) groups is 1. The minimum Gasteiger partial charge on any atom is -0.453 e. The summed E-state index contributed by atoms with van der Waals surface area (Å²) in [6.07, 6.45) is 6.31. The van der Waals surface area contributed by atoms with Gasteiger partial charge in [-0.05, 0) is 30.5 Å². The number of nitrogens with one attached hydrogen (secondary N) is 2. The van der Waals surface area contributed by atoms with E-state index in [-0.39, 0.29) is 24.0 Å². The van der Waals surface area contributed by atoms with Gasteiger partial charge >= 0.3 is 6.09 Å². The number of benzene rings is 1. The standard InChI is InChI=1S/C20H30N4O2S.HI/c1-21-18(24-12-13-27-20(15-24)10-4-3-5-11-20)22-14-16-6-8-17(9-7-16)23-19(25)26-2;/h6-9H,3-5,10-15H2,1-2H3,(H,21,22)(H,23,25);1H. The summed E-state index contributed by atoms with van der Waals surface area (Å²) in [5.41, 5.74) is 1.87. The summed E-state index contributed by atoms with van der Waals surface area (Å²) in [6, 6.07) is 7.76. The number of thioether (sulfide) groups is 1. The lowest BCUT2D eigenvalue weighted by Crippen LogP contribution is -2.53. The van der Waals surface area contributed by atoms with E-state index in [1.165, 1.54) is 45.0 Å². The fourth-order valence-electron chi connectivity index (χ4n) is 3.91. The van der Waals surface area contributed by atoms with Crippen LogP contribution in [-0.4, -0.2) is 54.7 Å². The van der Waals surface area contributed by atoms with Gasteiger partial charge in [-0.1, -0.05) is 31.4 Å². The molecule has 0 unspecified atom stereocenters. The predicted molar refractivity (Wildman–Crippen MR) is 128 cm³/mol. The van der Waals surface area contributed by atoms with Gasteiger partial charge in [0, 0.05) is 42.9 Å². The molecule has 1 spiro atoms. The Morgan fingerprint density at radius 3 is 2.61 bits per heavy atom. The monoisotopic (exact) mass is 518 g/mol. The molecule has 2 fully saturated rings. The molecule has 1 aromatic rings. The summed E-state index contributed by atoms with van der Waals surface area (Å²) in [5.74, 6) is 2.16. The van der Waals surface area contributed by atoms with Gasteiger partial charge in [0.2, 0.25) is 0 Å². The molecule has 0 bridgehead atoms. The number of ether oxygens (including phenoxy) is 1. The van der Waals surface area contributed by atoms with E-state index in [1.807, 2.05) is 31.3 Å². The maximum absolute atomic E-state index is 11.3. The Morgan fingerprint density at radius 1 is 1.25 bits per heavy atom. The fraction of sp³-hybridized carbons (Fsp3) is 0.600. The van der Waals surface area contributed by atoms with E-state index in [0.29, 0.717) is 11.3 Å². The number of hydrogen-bond acceptors (Lipinski definition) is 4. The molecule has 8 heteroatoms. The van der Waals surface area contributed by atoms with E-state index in [4.69, 9.17) is 0 Å². The quantitative estimate of drug-likeness (QED) is 0.355. The zero-order valence-corrected chi connectivity index (χ0v) is 19.8. The molecule has 2 aliphatic rings. The lowest BCUT2D eigenvalue weighted by atomic mass is 9.87. The normalized spacial score (nSPS) is 18.9. The predicted octanol–water partition coefficient (Wildman–Crippen LogP) is 4.31. The van der Waals surface area contributed by atoms with Crippen molar-refractivity contribution >= 4 is 53.5 Å². The number of hydrogen-bond donors (Lipinski definition) is 2. The second kappa shape index (κ2) is 11.1. The highest BCUT2D eigenvalue weighted by molar-refractivity contribution is 14.0. The second-order valence-electron chi connectivity index (χ2n) is 7.23. The average Bonchev–Trinajstić information content (AvgIpc) is 2.70. The van der Waals surface area contributed by atoms with E-state index >= 15 is 0 Å². The van der Waals surface area contributed by atoms with Crippen LogP contribution in [0, 0.1) is 0 Å². The molecule has 0 aromatic heterocycles. The second-order valence-corrected chi connectivity index (χ2v) is 8.79. The number of amides is 1. The van der Waals surface area contributed by atoms with E-state index < -0.39 is 6.09 Å². The Bertz CT molecular complexity index is 657. The van der Waals surface area contributed by atoms with E-state index in [0.717, 1.165) is 30.3 Å². The van der Waals surface area contributed by atoms with E-state index in [2.05, 4.69) is 37.0 Å². The molecule has 1 aliphatic carbocycles. The first-order valence-electron chi connectivity index (χ1n) is 9.68. The third-order valence-electron chi connectivity index (χ3n) is 5.36. The summed E-state index contributed by atoms with van der Waals surface area (Å²) in [5, 5.41) is 6.17. The number of anilines is 1.